The average molecular weight is 348 g/mol. The van der Waals surface area contributed by atoms with E-state index in [9.17, 15) is 14.7 Å². The van der Waals surface area contributed by atoms with Crippen LogP contribution >= 0.6 is 0 Å². The van der Waals surface area contributed by atoms with Crippen molar-refractivity contribution in [2.45, 2.75) is 58.1 Å². The Labute approximate surface area is 149 Å². The Morgan fingerprint density at radius 2 is 1.92 bits per heavy atom. The van der Waals surface area contributed by atoms with Crippen LogP contribution in [0.5, 0.6) is 5.75 Å². The number of benzene rings is 1. The van der Waals surface area contributed by atoms with Crippen LogP contribution in [0.4, 0.5) is 4.79 Å². The van der Waals surface area contributed by atoms with E-state index in [1.165, 1.54) is 0 Å². The van der Waals surface area contributed by atoms with Crippen molar-refractivity contribution in [3.05, 3.63) is 29.8 Å². The zero-order chi connectivity index (χ0) is 18.8. The predicted octanol–water partition coefficient (Wildman–Crippen LogP) is 2.44. The molecule has 1 heterocycles. The number of rotatable bonds is 6. The molecule has 6 heteroatoms. The smallest absolute Gasteiger partial charge is 0.325 e. The number of aliphatic hydroxyl groups excluding tert-OH is 1. The third kappa shape index (κ3) is 4.12. The number of nitrogens with zero attached hydrogens (tertiary/aromatic N) is 1. The highest BCUT2D eigenvalue weighted by Gasteiger charge is 2.46. The van der Waals surface area contributed by atoms with Crippen LogP contribution in [0.2, 0.25) is 0 Å². The zero-order valence-corrected chi connectivity index (χ0v) is 15.6. The summed E-state index contributed by atoms with van der Waals surface area (Å²) in [6.07, 6.45) is -0.457. The van der Waals surface area contributed by atoms with Gasteiger partial charge in [-0.15, -0.1) is 0 Å². The van der Waals surface area contributed by atoms with Crippen molar-refractivity contribution in [2.24, 2.45) is 0 Å². The molecule has 0 spiro atoms. The number of nitrogens with one attached hydrogen (secondary N) is 1. The molecule has 0 aliphatic carbocycles. The molecule has 2 unspecified atom stereocenters. The number of β-amino-alcohol motifs (C(OH)–C–C–N with tert-alkyl or cyclic N) is 1. The molecular weight excluding hydrogens is 320 g/mol. The maximum Gasteiger partial charge on any atom is 0.325 e. The highest BCUT2D eigenvalue weighted by atomic mass is 16.5. The van der Waals surface area contributed by atoms with Gasteiger partial charge < -0.3 is 15.2 Å². The molecule has 1 aromatic carbocycles. The van der Waals surface area contributed by atoms with Gasteiger partial charge in [0, 0.05) is 0 Å². The lowest BCUT2D eigenvalue weighted by Gasteiger charge is -2.24. The number of carbonyl (C=O) groups excluding carboxylic acids is 2. The van der Waals surface area contributed by atoms with Crippen LogP contribution in [0.1, 0.15) is 46.6 Å². The number of ether oxygens (including phenoxy) is 1. The third-order valence-electron chi connectivity index (χ3n) is 4.57. The largest absolute Gasteiger partial charge is 0.491 e. The first-order chi connectivity index (χ1) is 11.6. The van der Waals surface area contributed by atoms with Crippen molar-refractivity contribution in [2.75, 3.05) is 13.2 Å². The van der Waals surface area contributed by atoms with Gasteiger partial charge in [-0.1, -0.05) is 45.9 Å². The van der Waals surface area contributed by atoms with Crippen molar-refractivity contribution < 1.29 is 19.4 Å². The molecule has 138 valence electrons. The Bertz CT molecular complexity index is 653. The van der Waals surface area contributed by atoms with Crippen LogP contribution in [-0.4, -0.2) is 46.7 Å². The minimum Gasteiger partial charge on any atom is -0.491 e. The number of para-hydroxylation sites is 1. The van der Waals surface area contributed by atoms with Crippen LogP contribution in [0.25, 0.3) is 0 Å². The first-order valence-electron chi connectivity index (χ1n) is 8.63. The number of aliphatic hydroxyl groups is 1. The fourth-order valence-corrected chi connectivity index (χ4v) is 2.81. The average Bonchev–Trinajstić information content (AvgIpc) is 2.76. The fourth-order valence-electron chi connectivity index (χ4n) is 2.81. The molecule has 2 rings (SSSR count). The number of imide groups is 1. The molecule has 1 aromatic rings. The van der Waals surface area contributed by atoms with Crippen molar-refractivity contribution in [1.29, 1.82) is 0 Å². The molecule has 2 atom stereocenters. The molecule has 1 fully saturated rings. The Hall–Kier alpha value is -2.08. The molecule has 0 saturated carbocycles. The maximum atomic E-state index is 12.4. The third-order valence-corrected chi connectivity index (χ3v) is 4.57. The SMILES string of the molecule is CCC1(C)NC(=O)N(CC(O)COc2ccccc2C(C)(C)C)C1=O. The van der Waals surface area contributed by atoms with Crippen LogP contribution < -0.4 is 10.1 Å². The molecule has 3 amide bonds. The van der Waals surface area contributed by atoms with E-state index >= 15 is 0 Å². The Morgan fingerprint density at radius 3 is 2.48 bits per heavy atom. The van der Waals surface area contributed by atoms with Gasteiger partial charge in [0.2, 0.25) is 0 Å². The summed E-state index contributed by atoms with van der Waals surface area (Å²) in [5.41, 5.74) is 0.0574. The summed E-state index contributed by atoms with van der Waals surface area (Å²) >= 11 is 0. The van der Waals surface area contributed by atoms with Gasteiger partial charge in [0.1, 0.15) is 24.0 Å². The zero-order valence-electron chi connectivity index (χ0n) is 15.6. The Kier molecular flexibility index (Phi) is 5.42. The predicted molar refractivity (Wildman–Crippen MR) is 95.6 cm³/mol. The summed E-state index contributed by atoms with van der Waals surface area (Å²) in [7, 11) is 0. The molecule has 0 aromatic heterocycles. The lowest BCUT2D eigenvalue weighted by atomic mass is 9.86. The standard InChI is InChI=1S/C19H28N2O4/c1-6-19(5)16(23)21(17(24)20-19)11-13(22)12-25-15-10-8-7-9-14(15)18(2,3)4/h7-10,13,22H,6,11-12H2,1-5H3,(H,20,24). The molecule has 1 saturated heterocycles. The first-order valence-corrected chi connectivity index (χ1v) is 8.63. The second-order valence-corrected chi connectivity index (χ2v) is 7.74. The van der Waals surface area contributed by atoms with E-state index in [-0.39, 0.29) is 24.5 Å². The molecule has 25 heavy (non-hydrogen) atoms. The molecule has 0 radical (unpaired) electrons. The van der Waals surface area contributed by atoms with E-state index in [0.717, 1.165) is 10.5 Å². The summed E-state index contributed by atoms with van der Waals surface area (Å²) in [4.78, 5) is 25.4. The van der Waals surface area contributed by atoms with Crippen molar-refractivity contribution in [1.82, 2.24) is 10.2 Å². The number of carbonyl (C=O) groups is 2. The minimum atomic E-state index is -0.957. The molecule has 1 aliphatic heterocycles. The summed E-state index contributed by atoms with van der Waals surface area (Å²) in [6.45, 7) is 9.71. The maximum absolute atomic E-state index is 12.4. The normalized spacial score (nSPS) is 22.1. The highest BCUT2D eigenvalue weighted by Crippen LogP contribution is 2.31. The van der Waals surface area contributed by atoms with Crippen molar-refractivity contribution in [3.63, 3.8) is 0 Å². The van der Waals surface area contributed by atoms with Crippen molar-refractivity contribution in [3.8, 4) is 5.75 Å². The summed E-state index contributed by atoms with van der Waals surface area (Å²) in [5, 5.41) is 12.9. The quantitative estimate of drug-likeness (QED) is 0.774. The van der Waals surface area contributed by atoms with Gasteiger partial charge in [0.05, 0.1) is 6.54 Å². The van der Waals surface area contributed by atoms with Crippen molar-refractivity contribution >= 4 is 11.9 Å². The van der Waals surface area contributed by atoms with Gasteiger partial charge in [-0.05, 0) is 30.4 Å². The van der Waals surface area contributed by atoms with Gasteiger partial charge in [-0.3, -0.25) is 9.69 Å². The number of amides is 3. The number of urea groups is 1. The topological polar surface area (TPSA) is 78.9 Å². The van der Waals surface area contributed by atoms with E-state index in [4.69, 9.17) is 4.74 Å². The van der Waals surface area contributed by atoms with E-state index in [1.807, 2.05) is 31.2 Å². The lowest BCUT2D eigenvalue weighted by molar-refractivity contribution is -0.132. The Balaban J connectivity index is 2.00. The lowest BCUT2D eigenvalue weighted by Crippen LogP contribution is -2.44. The van der Waals surface area contributed by atoms with Gasteiger partial charge >= 0.3 is 6.03 Å². The first kappa shape index (κ1) is 19.2. The van der Waals surface area contributed by atoms with Crippen LogP contribution in [0.3, 0.4) is 0 Å². The molecule has 6 nitrogen and oxygen atoms in total. The summed E-state index contributed by atoms with van der Waals surface area (Å²) in [5.74, 6) is 0.388. The fraction of sp³-hybridized carbons (Fsp3) is 0.579. The Morgan fingerprint density at radius 1 is 1.28 bits per heavy atom. The minimum absolute atomic E-state index is 0.00694. The molecule has 0 bridgehead atoms. The van der Waals surface area contributed by atoms with E-state index in [2.05, 4.69) is 26.1 Å². The second-order valence-electron chi connectivity index (χ2n) is 7.74. The van der Waals surface area contributed by atoms with E-state index in [1.54, 1.807) is 6.92 Å². The highest BCUT2D eigenvalue weighted by molar-refractivity contribution is 6.06. The van der Waals surface area contributed by atoms with Crippen LogP contribution in [0.15, 0.2) is 24.3 Å². The van der Waals surface area contributed by atoms with Gasteiger partial charge in [0.15, 0.2) is 0 Å². The number of hydrogen-bond donors (Lipinski definition) is 2. The molecular formula is C19H28N2O4. The second kappa shape index (κ2) is 7.04. The summed E-state index contributed by atoms with van der Waals surface area (Å²) in [6, 6.07) is 7.20. The van der Waals surface area contributed by atoms with Crippen LogP contribution in [0, 0.1) is 0 Å². The number of hydrogen-bond acceptors (Lipinski definition) is 4. The van der Waals surface area contributed by atoms with E-state index in [0.29, 0.717) is 12.2 Å². The summed E-state index contributed by atoms with van der Waals surface area (Å²) < 4.78 is 5.76. The van der Waals surface area contributed by atoms with Crippen LogP contribution in [-0.2, 0) is 10.2 Å². The van der Waals surface area contributed by atoms with E-state index < -0.39 is 17.7 Å². The molecule has 2 N–H and O–H groups in total. The monoisotopic (exact) mass is 348 g/mol. The molecule has 1 aliphatic rings. The van der Waals surface area contributed by atoms with Gasteiger partial charge in [-0.2, -0.15) is 0 Å². The van der Waals surface area contributed by atoms with Gasteiger partial charge in [-0.25, -0.2) is 4.79 Å². The van der Waals surface area contributed by atoms with Gasteiger partial charge in [0.25, 0.3) is 5.91 Å².